The van der Waals surface area contributed by atoms with Crippen molar-refractivity contribution in [1.82, 2.24) is 0 Å². The minimum Gasteiger partial charge on any atom is -0.480 e. The summed E-state index contributed by atoms with van der Waals surface area (Å²) < 4.78 is 7.00. The van der Waals surface area contributed by atoms with Crippen LogP contribution in [-0.4, -0.2) is 18.0 Å². The van der Waals surface area contributed by atoms with Gasteiger partial charge in [0.25, 0.3) is 0 Å². The van der Waals surface area contributed by atoms with Crippen molar-refractivity contribution in [3.63, 3.8) is 0 Å². The third-order valence-electron chi connectivity index (χ3n) is 1.67. The standard InChI is InChI=1S/C10H10N2O2/c1-3-6-14-10-4-5-12(2)9(7-10)8-11-13/h1,4-5,7-8H,6H2,2H3/p+1. The first-order chi connectivity index (χ1) is 6.77. The minimum absolute atomic E-state index is 0.226. The molecule has 0 aliphatic heterocycles. The molecule has 0 saturated heterocycles. The Morgan fingerprint density at radius 2 is 2.57 bits per heavy atom. The first-order valence-corrected chi connectivity index (χ1v) is 4.01. The molecule has 1 rings (SSSR count). The molecule has 14 heavy (non-hydrogen) atoms. The van der Waals surface area contributed by atoms with Gasteiger partial charge in [0.1, 0.15) is 25.6 Å². The van der Waals surface area contributed by atoms with E-state index in [2.05, 4.69) is 11.1 Å². The Kier molecular flexibility index (Phi) is 3.50. The van der Waals surface area contributed by atoms with Gasteiger partial charge in [0.15, 0.2) is 6.20 Å². The molecule has 0 atom stereocenters. The van der Waals surface area contributed by atoms with Crippen LogP contribution in [0.1, 0.15) is 5.69 Å². The molecule has 0 aliphatic carbocycles. The van der Waals surface area contributed by atoms with E-state index >= 15 is 0 Å². The van der Waals surface area contributed by atoms with Crippen LogP contribution >= 0.6 is 0 Å². The molecular formula is C10H11N2O2+. The highest BCUT2D eigenvalue weighted by atomic mass is 16.5. The summed E-state index contributed by atoms with van der Waals surface area (Å²) in [6.45, 7) is 0.226. The van der Waals surface area contributed by atoms with Crippen LogP contribution in [0, 0.1) is 12.3 Å². The molecule has 0 radical (unpaired) electrons. The van der Waals surface area contributed by atoms with Crippen LogP contribution in [0.2, 0.25) is 0 Å². The average molecular weight is 191 g/mol. The summed E-state index contributed by atoms with van der Waals surface area (Å²) in [5.41, 5.74) is 0.724. The predicted molar refractivity (Wildman–Crippen MR) is 51.3 cm³/mol. The fraction of sp³-hybridized carbons (Fsp3) is 0.200. The van der Waals surface area contributed by atoms with E-state index in [-0.39, 0.29) is 6.61 Å². The molecule has 72 valence electrons. The highest BCUT2D eigenvalue weighted by molar-refractivity contribution is 5.74. The number of oxime groups is 1. The van der Waals surface area contributed by atoms with Crippen LogP contribution in [0.3, 0.4) is 0 Å². The van der Waals surface area contributed by atoms with Gasteiger partial charge in [0, 0.05) is 6.07 Å². The lowest BCUT2D eigenvalue weighted by Gasteiger charge is -2.00. The molecule has 4 heteroatoms. The Morgan fingerprint density at radius 1 is 1.79 bits per heavy atom. The Balaban J connectivity index is 2.89. The molecule has 1 heterocycles. The summed E-state index contributed by atoms with van der Waals surface area (Å²) in [4.78, 5) is 0. The molecule has 0 saturated carbocycles. The molecule has 0 amide bonds. The van der Waals surface area contributed by atoms with Gasteiger partial charge >= 0.3 is 0 Å². The topological polar surface area (TPSA) is 45.7 Å². The van der Waals surface area contributed by atoms with E-state index in [4.69, 9.17) is 16.4 Å². The highest BCUT2D eigenvalue weighted by Crippen LogP contribution is 2.08. The van der Waals surface area contributed by atoms with Gasteiger partial charge in [-0.3, -0.25) is 0 Å². The van der Waals surface area contributed by atoms with E-state index in [1.807, 2.05) is 7.05 Å². The van der Waals surface area contributed by atoms with E-state index in [1.54, 1.807) is 22.9 Å². The molecule has 1 aromatic heterocycles. The Labute approximate surface area is 82.4 Å². The van der Waals surface area contributed by atoms with E-state index < -0.39 is 0 Å². The van der Waals surface area contributed by atoms with Crippen molar-refractivity contribution in [2.75, 3.05) is 6.61 Å². The summed E-state index contributed by atoms with van der Waals surface area (Å²) in [5.74, 6) is 3.02. The first-order valence-electron chi connectivity index (χ1n) is 4.01. The summed E-state index contributed by atoms with van der Waals surface area (Å²) in [7, 11) is 1.84. The number of rotatable bonds is 3. The largest absolute Gasteiger partial charge is 0.480 e. The van der Waals surface area contributed by atoms with Crippen molar-refractivity contribution in [3.8, 4) is 18.1 Å². The number of aryl methyl sites for hydroxylation is 1. The van der Waals surface area contributed by atoms with Gasteiger partial charge in [0.05, 0.1) is 6.07 Å². The molecule has 1 N–H and O–H groups in total. The molecule has 0 aromatic carbocycles. The van der Waals surface area contributed by atoms with Crippen LogP contribution in [-0.2, 0) is 7.05 Å². The summed E-state index contributed by atoms with van der Waals surface area (Å²) in [6, 6.07) is 3.52. The number of hydrogen-bond acceptors (Lipinski definition) is 3. The first kappa shape index (κ1) is 10.1. The number of hydrogen-bond donors (Lipinski definition) is 1. The zero-order chi connectivity index (χ0) is 10.4. The fourth-order valence-electron chi connectivity index (χ4n) is 0.969. The van der Waals surface area contributed by atoms with E-state index in [0.717, 1.165) is 5.69 Å². The van der Waals surface area contributed by atoms with Gasteiger partial charge in [0.2, 0.25) is 5.69 Å². The maximum Gasteiger partial charge on any atom is 0.230 e. The normalized spacial score (nSPS) is 10.0. The lowest BCUT2D eigenvalue weighted by atomic mass is 10.3. The van der Waals surface area contributed by atoms with Gasteiger partial charge in [-0.05, 0) is 0 Å². The van der Waals surface area contributed by atoms with E-state index in [0.29, 0.717) is 5.75 Å². The molecule has 0 unspecified atom stereocenters. The van der Waals surface area contributed by atoms with E-state index in [9.17, 15) is 0 Å². The lowest BCUT2D eigenvalue weighted by Crippen LogP contribution is -2.32. The summed E-state index contributed by atoms with van der Waals surface area (Å²) in [6.07, 6.45) is 8.17. The zero-order valence-corrected chi connectivity index (χ0v) is 7.84. The number of ether oxygens (including phenoxy) is 1. The van der Waals surface area contributed by atoms with Gasteiger partial charge in [-0.25, -0.2) is 0 Å². The molecule has 1 aromatic rings. The minimum atomic E-state index is 0.226. The second kappa shape index (κ2) is 4.87. The average Bonchev–Trinajstić information content (AvgIpc) is 2.19. The van der Waals surface area contributed by atoms with Crippen LogP contribution in [0.5, 0.6) is 5.75 Å². The monoisotopic (exact) mass is 191 g/mol. The van der Waals surface area contributed by atoms with Crippen molar-refractivity contribution in [3.05, 3.63) is 24.0 Å². The van der Waals surface area contributed by atoms with Gasteiger partial charge in [-0.2, -0.15) is 4.57 Å². The molecule has 0 fully saturated rings. The van der Waals surface area contributed by atoms with Crippen LogP contribution in [0.15, 0.2) is 23.5 Å². The number of aromatic nitrogens is 1. The van der Waals surface area contributed by atoms with Gasteiger partial charge in [-0.1, -0.05) is 11.1 Å². The molecule has 0 bridgehead atoms. The summed E-state index contributed by atoms with van der Waals surface area (Å²) >= 11 is 0. The number of nitrogens with zero attached hydrogens (tertiary/aromatic N) is 2. The Morgan fingerprint density at radius 3 is 3.21 bits per heavy atom. The van der Waals surface area contributed by atoms with Crippen molar-refractivity contribution in [1.29, 1.82) is 0 Å². The van der Waals surface area contributed by atoms with Crippen molar-refractivity contribution in [2.24, 2.45) is 12.2 Å². The maximum atomic E-state index is 8.39. The quantitative estimate of drug-likeness (QED) is 0.246. The second-order valence-corrected chi connectivity index (χ2v) is 2.64. The fourth-order valence-corrected chi connectivity index (χ4v) is 0.969. The van der Waals surface area contributed by atoms with Crippen molar-refractivity contribution < 1.29 is 14.5 Å². The van der Waals surface area contributed by atoms with E-state index in [1.165, 1.54) is 6.21 Å². The molecule has 0 aliphatic rings. The molecule has 4 nitrogen and oxygen atoms in total. The highest BCUT2D eigenvalue weighted by Gasteiger charge is 2.05. The lowest BCUT2D eigenvalue weighted by molar-refractivity contribution is -0.672. The Hall–Kier alpha value is -2.02. The second-order valence-electron chi connectivity index (χ2n) is 2.64. The predicted octanol–water partition coefficient (Wildman–Crippen LogP) is 0.331. The van der Waals surface area contributed by atoms with Gasteiger partial charge in [-0.15, -0.1) is 6.42 Å². The van der Waals surface area contributed by atoms with Crippen molar-refractivity contribution in [2.45, 2.75) is 0 Å². The smallest absolute Gasteiger partial charge is 0.230 e. The SMILES string of the molecule is C#CCOc1cc[n+](C)c(C=NO)c1. The van der Waals surface area contributed by atoms with Crippen molar-refractivity contribution >= 4 is 6.21 Å². The third kappa shape index (κ3) is 2.49. The number of terminal acetylenes is 1. The van der Waals surface area contributed by atoms with Crippen LogP contribution < -0.4 is 9.30 Å². The van der Waals surface area contributed by atoms with Crippen LogP contribution in [0.4, 0.5) is 0 Å². The van der Waals surface area contributed by atoms with Gasteiger partial charge < -0.3 is 9.94 Å². The number of pyridine rings is 1. The molecular weight excluding hydrogens is 180 g/mol. The Bertz CT molecular complexity index is 380. The third-order valence-corrected chi connectivity index (χ3v) is 1.67. The zero-order valence-electron chi connectivity index (χ0n) is 7.84. The summed E-state index contributed by atoms with van der Waals surface area (Å²) in [5, 5.41) is 11.3. The maximum absolute atomic E-state index is 8.39. The van der Waals surface area contributed by atoms with Crippen LogP contribution in [0.25, 0.3) is 0 Å². The molecule has 0 spiro atoms.